The van der Waals surface area contributed by atoms with Crippen LogP contribution < -0.4 is 5.73 Å². The zero-order valence-corrected chi connectivity index (χ0v) is 9.33. The molecule has 5 heteroatoms. The van der Waals surface area contributed by atoms with Gasteiger partial charge in [-0.2, -0.15) is 5.10 Å². The Bertz CT molecular complexity index is 666. The molecule has 17 heavy (non-hydrogen) atoms. The van der Waals surface area contributed by atoms with Crippen molar-refractivity contribution in [3.63, 3.8) is 0 Å². The predicted octanol–water partition coefficient (Wildman–Crippen LogP) is 1.68. The Balaban J connectivity index is 2.27. The van der Waals surface area contributed by atoms with Crippen LogP contribution >= 0.6 is 0 Å². The van der Waals surface area contributed by atoms with Gasteiger partial charge >= 0.3 is 0 Å². The molecule has 0 bridgehead atoms. The minimum absolute atomic E-state index is 0.510. The van der Waals surface area contributed by atoms with Crippen LogP contribution in [0, 0.1) is 6.92 Å². The van der Waals surface area contributed by atoms with Gasteiger partial charge in [-0.15, -0.1) is 0 Å². The van der Waals surface area contributed by atoms with Gasteiger partial charge in [-0.25, -0.2) is 14.5 Å². The number of aryl methyl sites for hydroxylation is 1. The highest BCUT2D eigenvalue weighted by atomic mass is 15.2. The lowest BCUT2D eigenvalue weighted by atomic mass is 10.1. The highest BCUT2D eigenvalue weighted by Crippen LogP contribution is 2.24. The van der Waals surface area contributed by atoms with E-state index in [1.165, 1.54) is 0 Å². The van der Waals surface area contributed by atoms with E-state index in [1.807, 2.05) is 31.3 Å². The summed E-state index contributed by atoms with van der Waals surface area (Å²) in [5, 5.41) is 4.25. The molecule has 0 fully saturated rings. The van der Waals surface area contributed by atoms with Gasteiger partial charge in [-0.3, -0.25) is 0 Å². The average Bonchev–Trinajstić information content (AvgIpc) is 2.71. The smallest absolute Gasteiger partial charge is 0.162 e. The summed E-state index contributed by atoms with van der Waals surface area (Å²) in [5.74, 6) is 0.510. The second-order valence-corrected chi connectivity index (χ2v) is 3.87. The first-order valence-corrected chi connectivity index (χ1v) is 5.27. The molecule has 0 amide bonds. The monoisotopic (exact) mass is 225 g/mol. The Hall–Kier alpha value is -2.43. The summed E-state index contributed by atoms with van der Waals surface area (Å²) in [6, 6.07) is 5.65. The SMILES string of the molecule is Cc1cc(-c2cnn3cccnc23)cc(N)n1. The van der Waals surface area contributed by atoms with Crippen molar-refractivity contribution in [2.75, 3.05) is 5.73 Å². The fourth-order valence-electron chi connectivity index (χ4n) is 1.88. The van der Waals surface area contributed by atoms with E-state index < -0.39 is 0 Å². The van der Waals surface area contributed by atoms with E-state index in [1.54, 1.807) is 16.9 Å². The second-order valence-electron chi connectivity index (χ2n) is 3.87. The molecule has 2 N–H and O–H groups in total. The highest BCUT2D eigenvalue weighted by molar-refractivity contribution is 5.78. The largest absolute Gasteiger partial charge is 0.384 e. The minimum atomic E-state index is 0.510. The quantitative estimate of drug-likeness (QED) is 0.684. The summed E-state index contributed by atoms with van der Waals surface area (Å²) >= 11 is 0. The van der Waals surface area contributed by atoms with Crippen LogP contribution in [0.5, 0.6) is 0 Å². The number of nitrogens with two attached hydrogens (primary N) is 1. The maximum Gasteiger partial charge on any atom is 0.162 e. The van der Waals surface area contributed by atoms with Gasteiger partial charge in [-0.1, -0.05) is 0 Å². The summed E-state index contributed by atoms with van der Waals surface area (Å²) in [4.78, 5) is 8.47. The van der Waals surface area contributed by atoms with Gasteiger partial charge in [0.1, 0.15) is 5.82 Å². The maximum atomic E-state index is 5.75. The van der Waals surface area contributed by atoms with Crippen molar-refractivity contribution in [2.24, 2.45) is 0 Å². The normalized spacial score (nSPS) is 10.9. The van der Waals surface area contributed by atoms with Crippen LogP contribution in [0.2, 0.25) is 0 Å². The van der Waals surface area contributed by atoms with Crippen LogP contribution in [0.1, 0.15) is 5.69 Å². The minimum Gasteiger partial charge on any atom is -0.384 e. The van der Waals surface area contributed by atoms with Crippen molar-refractivity contribution in [3.05, 3.63) is 42.5 Å². The number of rotatable bonds is 1. The van der Waals surface area contributed by atoms with E-state index in [2.05, 4.69) is 15.1 Å². The topological polar surface area (TPSA) is 69.1 Å². The predicted molar refractivity (Wildman–Crippen MR) is 65.4 cm³/mol. The number of aromatic nitrogens is 4. The van der Waals surface area contributed by atoms with E-state index >= 15 is 0 Å². The number of pyridine rings is 1. The third-order valence-electron chi connectivity index (χ3n) is 2.56. The van der Waals surface area contributed by atoms with Crippen LogP contribution in [0.25, 0.3) is 16.8 Å². The first-order chi connectivity index (χ1) is 8.24. The molecule has 0 aromatic carbocycles. The summed E-state index contributed by atoms with van der Waals surface area (Å²) in [7, 11) is 0. The number of hydrogen-bond acceptors (Lipinski definition) is 4. The Morgan fingerprint density at radius 1 is 1.29 bits per heavy atom. The van der Waals surface area contributed by atoms with Crippen LogP contribution in [0.3, 0.4) is 0 Å². The number of anilines is 1. The molecule has 5 nitrogen and oxygen atoms in total. The molecule has 0 aliphatic rings. The van der Waals surface area contributed by atoms with Crippen LogP contribution in [-0.4, -0.2) is 19.6 Å². The lowest BCUT2D eigenvalue weighted by Crippen LogP contribution is -1.93. The van der Waals surface area contributed by atoms with Crippen LogP contribution in [0.15, 0.2) is 36.8 Å². The van der Waals surface area contributed by atoms with Crippen LogP contribution in [0.4, 0.5) is 5.82 Å². The van der Waals surface area contributed by atoms with Gasteiger partial charge in [0.25, 0.3) is 0 Å². The van der Waals surface area contributed by atoms with E-state index in [9.17, 15) is 0 Å². The van der Waals surface area contributed by atoms with Crippen molar-refractivity contribution < 1.29 is 0 Å². The van der Waals surface area contributed by atoms with Gasteiger partial charge in [0, 0.05) is 23.7 Å². The maximum absolute atomic E-state index is 5.75. The molecule has 84 valence electrons. The molecule has 0 aliphatic carbocycles. The molecule has 0 aliphatic heterocycles. The zero-order valence-electron chi connectivity index (χ0n) is 9.33. The van der Waals surface area contributed by atoms with Gasteiger partial charge in [0.15, 0.2) is 5.65 Å². The lowest BCUT2D eigenvalue weighted by Gasteiger charge is -2.02. The Kier molecular flexibility index (Phi) is 2.04. The summed E-state index contributed by atoms with van der Waals surface area (Å²) in [6.07, 6.45) is 5.40. The molecule has 3 aromatic rings. The number of nitrogens with zero attached hydrogens (tertiary/aromatic N) is 4. The molecule has 3 aromatic heterocycles. The molecular formula is C12H11N5. The number of hydrogen-bond donors (Lipinski definition) is 1. The summed E-state index contributed by atoms with van der Waals surface area (Å²) in [5.41, 5.74) is 9.40. The van der Waals surface area contributed by atoms with Crippen molar-refractivity contribution in [2.45, 2.75) is 6.92 Å². The molecule has 0 unspecified atom stereocenters. The van der Waals surface area contributed by atoms with Crippen molar-refractivity contribution >= 4 is 11.5 Å². The first kappa shape index (κ1) is 9.77. The van der Waals surface area contributed by atoms with Crippen molar-refractivity contribution in [3.8, 4) is 11.1 Å². The van der Waals surface area contributed by atoms with Crippen LogP contribution in [-0.2, 0) is 0 Å². The standard InChI is InChI=1S/C12H11N5/c1-8-5-9(6-11(13)16-8)10-7-15-17-4-2-3-14-12(10)17/h2-7H,1H3,(H2,13,16). The lowest BCUT2D eigenvalue weighted by molar-refractivity contribution is 0.939. The molecule has 3 heterocycles. The van der Waals surface area contributed by atoms with Crippen molar-refractivity contribution in [1.82, 2.24) is 19.6 Å². The molecular weight excluding hydrogens is 214 g/mol. The molecule has 0 atom stereocenters. The van der Waals surface area contributed by atoms with E-state index in [0.717, 1.165) is 22.5 Å². The molecule has 0 spiro atoms. The highest BCUT2D eigenvalue weighted by Gasteiger charge is 2.08. The Labute approximate surface area is 97.9 Å². The summed E-state index contributed by atoms with van der Waals surface area (Å²) in [6.45, 7) is 1.92. The van der Waals surface area contributed by atoms with Crippen molar-refractivity contribution in [1.29, 1.82) is 0 Å². The first-order valence-electron chi connectivity index (χ1n) is 5.27. The second kappa shape index (κ2) is 3.55. The third kappa shape index (κ3) is 1.61. The fraction of sp³-hybridized carbons (Fsp3) is 0.0833. The Morgan fingerprint density at radius 3 is 3.00 bits per heavy atom. The van der Waals surface area contributed by atoms with Gasteiger partial charge < -0.3 is 5.73 Å². The van der Waals surface area contributed by atoms with Gasteiger partial charge in [-0.05, 0) is 30.7 Å². The van der Waals surface area contributed by atoms with Gasteiger partial charge in [0.2, 0.25) is 0 Å². The fourth-order valence-corrected chi connectivity index (χ4v) is 1.88. The van der Waals surface area contributed by atoms with E-state index in [0.29, 0.717) is 5.82 Å². The summed E-state index contributed by atoms with van der Waals surface area (Å²) < 4.78 is 1.74. The third-order valence-corrected chi connectivity index (χ3v) is 2.56. The molecule has 0 saturated heterocycles. The Morgan fingerprint density at radius 2 is 2.18 bits per heavy atom. The molecule has 0 saturated carbocycles. The zero-order chi connectivity index (χ0) is 11.8. The van der Waals surface area contributed by atoms with Gasteiger partial charge in [0.05, 0.1) is 6.20 Å². The molecule has 3 rings (SSSR count). The number of fused-ring (bicyclic) bond motifs is 1. The van der Waals surface area contributed by atoms with E-state index in [-0.39, 0.29) is 0 Å². The van der Waals surface area contributed by atoms with E-state index in [4.69, 9.17) is 5.73 Å². The number of nitrogen functional groups attached to an aromatic ring is 1. The average molecular weight is 225 g/mol. The molecule has 0 radical (unpaired) electrons.